The minimum atomic E-state index is 0.717. The third-order valence-corrected chi connectivity index (χ3v) is 4.04. The summed E-state index contributed by atoms with van der Waals surface area (Å²) in [5.74, 6) is 0.823. The maximum atomic E-state index is 3.48. The number of rotatable bonds is 1. The Morgan fingerprint density at radius 3 is 2.67 bits per heavy atom. The molecule has 0 saturated carbocycles. The minimum absolute atomic E-state index is 0.717. The Hall–Kier alpha value is -0.120. The molecule has 2 saturated heterocycles. The highest BCUT2D eigenvalue weighted by atomic mass is 15.3. The highest BCUT2D eigenvalue weighted by molar-refractivity contribution is 4.89. The average molecular weight is 211 g/mol. The Kier molecular flexibility index (Phi) is 3.65. The normalized spacial score (nSPS) is 40.6. The molecule has 0 bridgehead atoms. The molecule has 2 aliphatic rings. The van der Waals surface area contributed by atoms with Crippen LogP contribution in [0.4, 0.5) is 0 Å². The summed E-state index contributed by atoms with van der Waals surface area (Å²) in [6.45, 7) is 10.9. The second-order valence-corrected chi connectivity index (χ2v) is 5.39. The van der Waals surface area contributed by atoms with E-state index in [1.807, 2.05) is 0 Å². The van der Waals surface area contributed by atoms with Gasteiger partial charge in [0, 0.05) is 38.3 Å². The first-order chi connectivity index (χ1) is 7.18. The molecular formula is C12H25N3. The van der Waals surface area contributed by atoms with Crippen molar-refractivity contribution in [2.45, 2.75) is 32.4 Å². The summed E-state index contributed by atoms with van der Waals surface area (Å²) in [6.07, 6.45) is 1.35. The zero-order valence-corrected chi connectivity index (χ0v) is 10.4. The summed E-state index contributed by atoms with van der Waals surface area (Å²) in [5, 5.41) is 3.48. The molecule has 2 heterocycles. The lowest BCUT2D eigenvalue weighted by molar-refractivity contribution is 0.0367. The van der Waals surface area contributed by atoms with Gasteiger partial charge in [-0.2, -0.15) is 0 Å². The first-order valence-corrected chi connectivity index (χ1v) is 6.33. The van der Waals surface area contributed by atoms with Crippen LogP contribution in [0.25, 0.3) is 0 Å². The van der Waals surface area contributed by atoms with E-state index in [4.69, 9.17) is 0 Å². The van der Waals surface area contributed by atoms with E-state index in [0.29, 0.717) is 0 Å². The molecule has 3 heteroatoms. The lowest BCUT2D eigenvalue weighted by Crippen LogP contribution is -2.58. The van der Waals surface area contributed by atoms with Gasteiger partial charge in [0.25, 0.3) is 0 Å². The molecule has 0 amide bonds. The van der Waals surface area contributed by atoms with E-state index in [0.717, 1.165) is 18.0 Å². The van der Waals surface area contributed by atoms with Gasteiger partial charge in [-0.05, 0) is 32.9 Å². The maximum absolute atomic E-state index is 3.48. The van der Waals surface area contributed by atoms with Gasteiger partial charge < -0.3 is 10.2 Å². The zero-order chi connectivity index (χ0) is 10.8. The number of hydrogen-bond acceptors (Lipinski definition) is 3. The highest BCUT2D eigenvalue weighted by Gasteiger charge is 2.32. The van der Waals surface area contributed by atoms with Gasteiger partial charge in [-0.25, -0.2) is 0 Å². The summed E-state index contributed by atoms with van der Waals surface area (Å²) in [7, 11) is 2.24. The monoisotopic (exact) mass is 211 g/mol. The van der Waals surface area contributed by atoms with Crippen molar-refractivity contribution in [3.05, 3.63) is 0 Å². The van der Waals surface area contributed by atoms with E-state index in [1.54, 1.807) is 0 Å². The highest BCUT2D eigenvalue weighted by Crippen LogP contribution is 2.23. The number of hydrogen-bond donors (Lipinski definition) is 1. The van der Waals surface area contributed by atoms with Crippen LogP contribution in [0.3, 0.4) is 0 Å². The van der Waals surface area contributed by atoms with E-state index >= 15 is 0 Å². The fourth-order valence-corrected chi connectivity index (χ4v) is 3.18. The van der Waals surface area contributed by atoms with Crippen LogP contribution < -0.4 is 5.32 Å². The van der Waals surface area contributed by atoms with Crippen LogP contribution in [0.2, 0.25) is 0 Å². The molecule has 1 N–H and O–H groups in total. The first kappa shape index (κ1) is 11.4. The van der Waals surface area contributed by atoms with Crippen LogP contribution >= 0.6 is 0 Å². The van der Waals surface area contributed by atoms with Crippen LogP contribution in [-0.2, 0) is 0 Å². The van der Waals surface area contributed by atoms with Gasteiger partial charge in [-0.15, -0.1) is 0 Å². The van der Waals surface area contributed by atoms with Crippen molar-refractivity contribution in [2.75, 3.05) is 39.8 Å². The van der Waals surface area contributed by atoms with Crippen LogP contribution in [0, 0.1) is 5.92 Å². The van der Waals surface area contributed by atoms with Gasteiger partial charge in [0.2, 0.25) is 0 Å². The van der Waals surface area contributed by atoms with Gasteiger partial charge >= 0.3 is 0 Å². The molecule has 15 heavy (non-hydrogen) atoms. The summed E-state index contributed by atoms with van der Waals surface area (Å²) in [4.78, 5) is 5.20. The predicted octanol–water partition coefficient (Wildman–Crippen LogP) is 0.620. The average Bonchev–Trinajstić information content (AvgIpc) is 2.20. The topological polar surface area (TPSA) is 18.5 Å². The van der Waals surface area contributed by atoms with Crippen molar-refractivity contribution < 1.29 is 0 Å². The van der Waals surface area contributed by atoms with Crippen LogP contribution in [-0.4, -0.2) is 61.7 Å². The lowest BCUT2D eigenvalue weighted by Gasteiger charge is -2.46. The van der Waals surface area contributed by atoms with E-state index in [9.17, 15) is 0 Å². The smallest absolute Gasteiger partial charge is 0.0195 e. The molecule has 0 aromatic carbocycles. The second-order valence-electron chi connectivity index (χ2n) is 5.39. The lowest BCUT2D eigenvalue weighted by atomic mass is 9.91. The number of piperidine rings is 1. The summed E-state index contributed by atoms with van der Waals surface area (Å²) < 4.78 is 0. The van der Waals surface area contributed by atoms with Gasteiger partial charge in [0.15, 0.2) is 0 Å². The molecule has 0 aliphatic carbocycles. The predicted molar refractivity (Wildman–Crippen MR) is 64.1 cm³/mol. The largest absolute Gasteiger partial charge is 0.314 e. The standard InChI is InChI=1S/C12H25N3/c1-10-9-14(3)6-4-12(10)15-7-5-13-8-11(15)2/h10-13H,4-9H2,1-3H3. The van der Waals surface area contributed by atoms with Crippen molar-refractivity contribution in [2.24, 2.45) is 5.92 Å². The van der Waals surface area contributed by atoms with E-state index in [2.05, 4.69) is 36.0 Å². The third kappa shape index (κ3) is 2.52. The van der Waals surface area contributed by atoms with E-state index in [1.165, 1.54) is 39.1 Å². The van der Waals surface area contributed by atoms with Gasteiger partial charge in [-0.1, -0.05) is 6.92 Å². The van der Waals surface area contributed by atoms with Gasteiger partial charge in [0.05, 0.1) is 0 Å². The number of piperazine rings is 1. The molecule has 2 rings (SSSR count). The second kappa shape index (κ2) is 4.81. The SMILES string of the molecule is CC1CN(C)CCC1N1CCNCC1C. The molecule has 2 fully saturated rings. The summed E-state index contributed by atoms with van der Waals surface area (Å²) >= 11 is 0. The van der Waals surface area contributed by atoms with Crippen molar-refractivity contribution in [3.8, 4) is 0 Å². The van der Waals surface area contributed by atoms with Crippen LogP contribution in [0.1, 0.15) is 20.3 Å². The van der Waals surface area contributed by atoms with Crippen molar-refractivity contribution in [1.82, 2.24) is 15.1 Å². The number of nitrogens with one attached hydrogen (secondary N) is 1. The molecule has 3 unspecified atom stereocenters. The van der Waals surface area contributed by atoms with Crippen molar-refractivity contribution in [3.63, 3.8) is 0 Å². The third-order valence-electron chi connectivity index (χ3n) is 4.04. The molecule has 0 spiro atoms. The molecule has 88 valence electrons. The fourth-order valence-electron chi connectivity index (χ4n) is 3.18. The summed E-state index contributed by atoms with van der Waals surface area (Å²) in [6, 6.07) is 1.54. The molecule has 0 radical (unpaired) electrons. The molecular weight excluding hydrogens is 186 g/mol. The van der Waals surface area contributed by atoms with Crippen LogP contribution in [0.15, 0.2) is 0 Å². The maximum Gasteiger partial charge on any atom is 0.0195 e. The minimum Gasteiger partial charge on any atom is -0.314 e. The Morgan fingerprint density at radius 1 is 1.20 bits per heavy atom. The molecule has 3 atom stereocenters. The van der Waals surface area contributed by atoms with Crippen LogP contribution in [0.5, 0.6) is 0 Å². The Morgan fingerprint density at radius 2 is 2.00 bits per heavy atom. The first-order valence-electron chi connectivity index (χ1n) is 6.33. The van der Waals surface area contributed by atoms with E-state index in [-0.39, 0.29) is 0 Å². The molecule has 0 aromatic heterocycles. The Balaban J connectivity index is 1.96. The Bertz CT molecular complexity index is 207. The van der Waals surface area contributed by atoms with Crippen molar-refractivity contribution in [1.29, 1.82) is 0 Å². The molecule has 3 nitrogen and oxygen atoms in total. The summed E-state index contributed by atoms with van der Waals surface area (Å²) in [5.41, 5.74) is 0. The quantitative estimate of drug-likeness (QED) is 0.686. The zero-order valence-electron chi connectivity index (χ0n) is 10.4. The molecule has 0 aromatic rings. The van der Waals surface area contributed by atoms with Gasteiger partial charge in [-0.3, -0.25) is 4.90 Å². The Labute approximate surface area is 93.8 Å². The van der Waals surface area contributed by atoms with E-state index < -0.39 is 0 Å². The number of nitrogens with zero attached hydrogens (tertiary/aromatic N) is 2. The molecule has 2 aliphatic heterocycles. The van der Waals surface area contributed by atoms with Gasteiger partial charge in [0.1, 0.15) is 0 Å². The van der Waals surface area contributed by atoms with Crippen molar-refractivity contribution >= 4 is 0 Å². The fraction of sp³-hybridized carbons (Fsp3) is 1.00. The number of likely N-dealkylation sites (tertiary alicyclic amines) is 1.